The molecule has 1 aliphatic rings. The molecule has 0 radical (unpaired) electrons. The van der Waals surface area contributed by atoms with E-state index >= 15 is 0 Å². The molecule has 5 rings (SSSR count). The molecule has 2 aromatic carbocycles. The van der Waals surface area contributed by atoms with Gasteiger partial charge < -0.3 is 9.26 Å². The zero-order valence-corrected chi connectivity index (χ0v) is 19.7. The van der Waals surface area contributed by atoms with Gasteiger partial charge in [0.25, 0.3) is 5.91 Å². The van der Waals surface area contributed by atoms with Crippen LogP contribution >= 0.6 is 22.9 Å². The van der Waals surface area contributed by atoms with Gasteiger partial charge in [-0.2, -0.15) is 0 Å². The first-order valence-electron chi connectivity index (χ1n) is 10.8. The highest BCUT2D eigenvalue weighted by atomic mass is 35.5. The maximum absolute atomic E-state index is 13.6. The van der Waals surface area contributed by atoms with Crippen molar-refractivity contribution in [3.05, 3.63) is 64.8 Å². The monoisotopic (exact) mass is 482 g/mol. The summed E-state index contributed by atoms with van der Waals surface area (Å²) in [6.45, 7) is 6.28. The number of carbonyl (C=O) groups excluding carboxylic acids is 1. The second-order valence-electron chi connectivity index (χ2n) is 7.92. The Morgan fingerprint density at radius 2 is 1.97 bits per heavy atom. The van der Waals surface area contributed by atoms with Crippen LogP contribution in [0.25, 0.3) is 21.5 Å². The van der Waals surface area contributed by atoms with Gasteiger partial charge in [0, 0.05) is 42.8 Å². The number of hydrogen-bond acceptors (Lipinski definition) is 7. The van der Waals surface area contributed by atoms with Gasteiger partial charge in [-0.15, -0.1) is 0 Å². The Labute approximate surface area is 200 Å². The average Bonchev–Trinajstić information content (AvgIpc) is 3.48. The minimum atomic E-state index is -0.239. The molecule has 0 spiro atoms. The molecule has 7 nitrogen and oxygen atoms in total. The number of hydrogen-bond donors (Lipinski definition) is 0. The first-order valence-corrected chi connectivity index (χ1v) is 12.0. The van der Waals surface area contributed by atoms with Crippen molar-refractivity contribution >= 4 is 44.2 Å². The van der Waals surface area contributed by atoms with E-state index in [0.29, 0.717) is 42.2 Å². The third-order valence-electron chi connectivity index (χ3n) is 5.65. The predicted octanol–water partition coefficient (Wildman–Crippen LogP) is 4.89. The van der Waals surface area contributed by atoms with Crippen LogP contribution in [0.2, 0.25) is 5.02 Å². The van der Waals surface area contributed by atoms with Crippen molar-refractivity contribution in [3.8, 4) is 11.3 Å². The third-order valence-corrected chi connectivity index (χ3v) is 6.89. The number of carbonyl (C=O) groups is 1. The first-order chi connectivity index (χ1) is 16.1. The Kier molecular flexibility index (Phi) is 6.41. The molecule has 0 aliphatic carbocycles. The topological polar surface area (TPSA) is 71.7 Å². The molecular weight excluding hydrogens is 460 g/mol. The van der Waals surface area contributed by atoms with Crippen LogP contribution in [0.3, 0.4) is 0 Å². The largest absolute Gasteiger partial charge is 0.379 e. The fourth-order valence-corrected chi connectivity index (χ4v) is 5.31. The van der Waals surface area contributed by atoms with Gasteiger partial charge >= 0.3 is 0 Å². The van der Waals surface area contributed by atoms with Crippen molar-refractivity contribution in [3.63, 3.8) is 0 Å². The zero-order valence-electron chi connectivity index (χ0n) is 18.2. The number of halogens is 1. The fourth-order valence-electron chi connectivity index (χ4n) is 3.86. The van der Waals surface area contributed by atoms with E-state index in [0.717, 1.165) is 34.4 Å². The lowest BCUT2D eigenvalue weighted by Gasteiger charge is -2.28. The highest BCUT2D eigenvalue weighted by molar-refractivity contribution is 7.22. The summed E-state index contributed by atoms with van der Waals surface area (Å²) in [4.78, 5) is 22.4. The smallest absolute Gasteiger partial charge is 0.282 e. The van der Waals surface area contributed by atoms with Gasteiger partial charge in [-0.25, -0.2) is 4.98 Å². The predicted molar refractivity (Wildman–Crippen MR) is 130 cm³/mol. The Morgan fingerprint density at radius 1 is 1.18 bits per heavy atom. The van der Waals surface area contributed by atoms with Gasteiger partial charge in [-0.1, -0.05) is 58.4 Å². The molecule has 1 saturated heterocycles. The second kappa shape index (κ2) is 9.61. The number of thiazole rings is 1. The van der Waals surface area contributed by atoms with Gasteiger partial charge in [-0.3, -0.25) is 14.6 Å². The number of aromatic nitrogens is 2. The molecule has 0 saturated carbocycles. The zero-order chi connectivity index (χ0) is 22.8. The summed E-state index contributed by atoms with van der Waals surface area (Å²) in [7, 11) is 0. The van der Waals surface area contributed by atoms with E-state index in [9.17, 15) is 4.79 Å². The number of fused-ring (bicyclic) bond motifs is 1. The summed E-state index contributed by atoms with van der Waals surface area (Å²) in [5.41, 5.74) is 2.96. The Bertz CT molecular complexity index is 1270. The molecular formula is C24H23ClN4O3S. The van der Waals surface area contributed by atoms with Crippen LogP contribution in [0.4, 0.5) is 5.13 Å². The van der Waals surface area contributed by atoms with E-state index in [1.54, 1.807) is 11.0 Å². The van der Waals surface area contributed by atoms with Gasteiger partial charge in [0.05, 0.1) is 23.4 Å². The first kappa shape index (κ1) is 22.0. The number of rotatable bonds is 6. The summed E-state index contributed by atoms with van der Waals surface area (Å²) in [6.07, 6.45) is 0. The molecule has 0 bridgehead atoms. The molecule has 9 heteroatoms. The summed E-state index contributed by atoms with van der Waals surface area (Å²) in [6, 6.07) is 15.1. The van der Waals surface area contributed by atoms with E-state index in [1.165, 1.54) is 11.3 Å². The van der Waals surface area contributed by atoms with Gasteiger partial charge in [0.2, 0.25) is 0 Å². The highest BCUT2D eigenvalue weighted by Gasteiger charge is 2.26. The van der Waals surface area contributed by atoms with Crippen molar-refractivity contribution < 1.29 is 14.1 Å². The van der Waals surface area contributed by atoms with Crippen LogP contribution in [0, 0.1) is 6.92 Å². The van der Waals surface area contributed by atoms with Gasteiger partial charge in [0.15, 0.2) is 16.6 Å². The number of morpholine rings is 1. The van der Waals surface area contributed by atoms with Crippen LogP contribution in [0.15, 0.2) is 53.1 Å². The van der Waals surface area contributed by atoms with Crippen LogP contribution < -0.4 is 4.90 Å². The van der Waals surface area contributed by atoms with Gasteiger partial charge in [-0.05, 0) is 24.6 Å². The van der Waals surface area contributed by atoms with Crippen LogP contribution in [0.5, 0.6) is 0 Å². The molecule has 0 atom stereocenters. The molecule has 1 amide bonds. The standard InChI is InChI=1S/C24H23ClN4O3S/c1-16-13-18(25)14-21-22(16)26-24(33-21)29(8-7-28-9-11-31-12-10-28)23(30)19-15-20(32-27-19)17-5-3-2-4-6-17/h2-6,13-15H,7-12H2,1H3. The summed E-state index contributed by atoms with van der Waals surface area (Å²) in [5.74, 6) is 0.316. The summed E-state index contributed by atoms with van der Waals surface area (Å²) < 4.78 is 11.9. The van der Waals surface area contributed by atoms with Gasteiger partial charge in [0.1, 0.15) is 0 Å². The summed E-state index contributed by atoms with van der Waals surface area (Å²) in [5, 5.41) is 5.36. The molecule has 33 heavy (non-hydrogen) atoms. The number of ether oxygens (including phenoxy) is 1. The maximum Gasteiger partial charge on any atom is 0.282 e. The number of anilines is 1. The molecule has 170 valence electrons. The second-order valence-corrected chi connectivity index (χ2v) is 9.36. The van der Waals surface area contributed by atoms with Crippen LogP contribution in [-0.4, -0.2) is 60.3 Å². The van der Waals surface area contributed by atoms with E-state index < -0.39 is 0 Å². The van der Waals surface area contributed by atoms with Crippen molar-refractivity contribution in [1.29, 1.82) is 0 Å². The lowest BCUT2D eigenvalue weighted by molar-refractivity contribution is 0.0391. The number of amides is 1. The quantitative estimate of drug-likeness (QED) is 0.389. The van der Waals surface area contributed by atoms with Crippen LogP contribution in [0.1, 0.15) is 16.1 Å². The SMILES string of the molecule is Cc1cc(Cl)cc2sc(N(CCN3CCOCC3)C(=O)c3cc(-c4ccccc4)on3)nc12. The molecule has 3 heterocycles. The maximum atomic E-state index is 13.6. The Hall–Kier alpha value is -2.78. The minimum absolute atomic E-state index is 0.239. The van der Waals surface area contributed by atoms with Crippen molar-refractivity contribution in [2.45, 2.75) is 6.92 Å². The Morgan fingerprint density at radius 3 is 2.76 bits per heavy atom. The lowest BCUT2D eigenvalue weighted by Crippen LogP contribution is -2.43. The molecule has 0 unspecified atom stereocenters. The summed E-state index contributed by atoms with van der Waals surface area (Å²) >= 11 is 7.71. The number of aryl methyl sites for hydroxylation is 1. The van der Waals surface area contributed by atoms with E-state index in [4.69, 9.17) is 25.8 Å². The van der Waals surface area contributed by atoms with Crippen molar-refractivity contribution in [2.24, 2.45) is 0 Å². The molecule has 0 N–H and O–H groups in total. The minimum Gasteiger partial charge on any atom is -0.379 e. The fraction of sp³-hybridized carbons (Fsp3) is 0.292. The van der Waals surface area contributed by atoms with Crippen molar-refractivity contribution in [2.75, 3.05) is 44.3 Å². The van der Waals surface area contributed by atoms with Crippen LogP contribution in [-0.2, 0) is 4.74 Å². The van der Waals surface area contributed by atoms with E-state index in [-0.39, 0.29) is 11.6 Å². The van der Waals surface area contributed by atoms with Crippen molar-refractivity contribution in [1.82, 2.24) is 15.0 Å². The third kappa shape index (κ3) is 4.79. The normalized spacial score (nSPS) is 14.6. The lowest BCUT2D eigenvalue weighted by atomic mass is 10.1. The highest BCUT2D eigenvalue weighted by Crippen LogP contribution is 2.34. The number of benzene rings is 2. The Balaban J connectivity index is 1.46. The molecule has 2 aromatic heterocycles. The molecule has 4 aromatic rings. The van der Waals surface area contributed by atoms with E-state index in [1.807, 2.05) is 49.4 Å². The molecule has 1 fully saturated rings. The molecule has 1 aliphatic heterocycles. The average molecular weight is 483 g/mol. The van der Waals surface area contributed by atoms with E-state index in [2.05, 4.69) is 10.1 Å². The number of nitrogens with zero attached hydrogens (tertiary/aromatic N) is 4.